The predicted octanol–water partition coefficient (Wildman–Crippen LogP) is 4.02. The average molecular weight is 374 g/mol. The van der Waals surface area contributed by atoms with E-state index in [1.54, 1.807) is 43.9 Å². The molecule has 7 heteroatoms. The van der Waals surface area contributed by atoms with Crippen molar-refractivity contribution in [2.45, 2.75) is 6.92 Å². The molecule has 0 bridgehead atoms. The summed E-state index contributed by atoms with van der Waals surface area (Å²) in [5, 5.41) is 8.76. The molecule has 25 heavy (non-hydrogen) atoms. The van der Waals surface area contributed by atoms with Gasteiger partial charge >= 0.3 is 0 Å². The van der Waals surface area contributed by atoms with Gasteiger partial charge in [-0.3, -0.25) is 4.99 Å². The largest absolute Gasteiger partial charge is 0.497 e. The van der Waals surface area contributed by atoms with Crippen LogP contribution in [0, 0.1) is 6.92 Å². The number of aromatic nitrogens is 1. The Balaban J connectivity index is 2.11. The smallest absolute Gasteiger partial charge is 0.205 e. The van der Waals surface area contributed by atoms with Crippen LogP contribution < -0.4 is 14.3 Å². The Morgan fingerprint density at radius 2 is 1.96 bits per heavy atom. The molecular weight excluding hydrogens is 354 g/mol. The van der Waals surface area contributed by atoms with Crippen LogP contribution in [0.15, 0.2) is 45.1 Å². The summed E-state index contributed by atoms with van der Waals surface area (Å²) in [5.41, 5.74) is 3.08. The third kappa shape index (κ3) is 3.52. The van der Waals surface area contributed by atoms with Gasteiger partial charge in [0.25, 0.3) is 0 Å². The maximum Gasteiger partial charge on any atom is 0.205 e. The molecule has 3 aromatic rings. The highest BCUT2D eigenvalue weighted by atomic mass is 32.1. The van der Waals surface area contributed by atoms with Crippen molar-refractivity contribution in [3.05, 3.63) is 50.3 Å². The van der Waals surface area contributed by atoms with Gasteiger partial charge in [0.05, 0.1) is 31.0 Å². The summed E-state index contributed by atoms with van der Waals surface area (Å²) in [6, 6.07) is 7.84. The number of methoxy groups -OCH3 is 2. The van der Waals surface area contributed by atoms with Gasteiger partial charge in [-0.2, -0.15) is 5.10 Å². The minimum Gasteiger partial charge on any atom is -0.497 e. The van der Waals surface area contributed by atoms with E-state index in [1.165, 1.54) is 5.56 Å². The fourth-order valence-electron chi connectivity index (χ4n) is 2.39. The Morgan fingerprint density at radius 3 is 2.60 bits per heavy atom. The van der Waals surface area contributed by atoms with Crippen molar-refractivity contribution in [1.29, 1.82) is 0 Å². The molecule has 2 aromatic heterocycles. The van der Waals surface area contributed by atoms with Crippen molar-refractivity contribution >= 4 is 28.9 Å². The Labute approximate surface area is 154 Å². The van der Waals surface area contributed by atoms with Crippen LogP contribution in [0.2, 0.25) is 0 Å². The molecule has 2 heterocycles. The van der Waals surface area contributed by atoms with E-state index in [2.05, 4.69) is 28.5 Å². The first-order valence-corrected chi connectivity index (χ1v) is 9.38. The van der Waals surface area contributed by atoms with Crippen molar-refractivity contribution in [3.63, 3.8) is 0 Å². The first-order chi connectivity index (χ1) is 12.2. The zero-order chi connectivity index (χ0) is 17.8. The lowest BCUT2D eigenvalue weighted by atomic mass is 10.1. The Hall–Kier alpha value is -2.38. The molecule has 130 valence electrons. The molecule has 0 atom stereocenters. The van der Waals surface area contributed by atoms with E-state index >= 15 is 0 Å². The first kappa shape index (κ1) is 17.4. The van der Waals surface area contributed by atoms with Crippen molar-refractivity contribution in [2.24, 2.45) is 10.1 Å². The van der Waals surface area contributed by atoms with E-state index in [0.29, 0.717) is 0 Å². The van der Waals surface area contributed by atoms with Gasteiger partial charge in [0.2, 0.25) is 4.80 Å². The van der Waals surface area contributed by atoms with E-state index < -0.39 is 0 Å². The SMILES string of the molecule is CN=c1scc(-c2ccc(OC)cc2OC)n1N=Cc1sccc1C. The normalized spacial score (nSPS) is 12.1. The van der Waals surface area contributed by atoms with Gasteiger partial charge < -0.3 is 9.47 Å². The third-order valence-corrected chi connectivity index (χ3v) is 5.61. The summed E-state index contributed by atoms with van der Waals surface area (Å²) in [4.78, 5) is 6.28. The lowest BCUT2D eigenvalue weighted by Gasteiger charge is -2.10. The molecule has 0 aliphatic heterocycles. The van der Waals surface area contributed by atoms with Gasteiger partial charge in [-0.25, -0.2) is 4.68 Å². The minimum absolute atomic E-state index is 0.732. The quantitative estimate of drug-likeness (QED) is 0.634. The number of benzene rings is 1. The van der Waals surface area contributed by atoms with E-state index in [9.17, 15) is 0 Å². The summed E-state index contributed by atoms with van der Waals surface area (Å²) in [6.45, 7) is 2.08. The monoisotopic (exact) mass is 373 g/mol. The van der Waals surface area contributed by atoms with Crippen LogP contribution in [0.4, 0.5) is 0 Å². The van der Waals surface area contributed by atoms with E-state index in [4.69, 9.17) is 9.47 Å². The Bertz CT molecular complexity index is 967. The van der Waals surface area contributed by atoms with Gasteiger partial charge in [0, 0.05) is 24.1 Å². The number of hydrogen-bond donors (Lipinski definition) is 0. The molecule has 0 radical (unpaired) electrons. The van der Waals surface area contributed by atoms with E-state index in [1.807, 2.05) is 34.5 Å². The second kappa shape index (κ2) is 7.67. The average Bonchev–Trinajstić information content (AvgIpc) is 3.24. The lowest BCUT2D eigenvalue weighted by molar-refractivity contribution is 0.395. The highest BCUT2D eigenvalue weighted by Gasteiger charge is 2.13. The van der Waals surface area contributed by atoms with Gasteiger partial charge in [0.15, 0.2) is 0 Å². The second-order valence-electron chi connectivity index (χ2n) is 5.22. The number of thiophene rings is 1. The van der Waals surface area contributed by atoms with Gasteiger partial charge in [-0.15, -0.1) is 22.7 Å². The van der Waals surface area contributed by atoms with Crippen LogP contribution in [0.25, 0.3) is 11.3 Å². The summed E-state index contributed by atoms with van der Waals surface area (Å²) in [5.74, 6) is 1.48. The molecule has 0 fully saturated rings. The fourth-order valence-corrected chi connectivity index (χ4v) is 3.96. The molecule has 0 saturated heterocycles. The highest BCUT2D eigenvalue weighted by molar-refractivity contribution is 7.11. The number of aryl methyl sites for hydroxylation is 1. The topological polar surface area (TPSA) is 48.1 Å². The molecule has 3 rings (SSSR count). The summed E-state index contributed by atoms with van der Waals surface area (Å²) < 4.78 is 12.7. The van der Waals surface area contributed by atoms with Gasteiger partial charge in [0.1, 0.15) is 11.5 Å². The summed E-state index contributed by atoms with van der Waals surface area (Å²) in [7, 11) is 5.06. The molecule has 0 unspecified atom stereocenters. The molecular formula is C18H19N3O2S2. The van der Waals surface area contributed by atoms with Crippen molar-refractivity contribution < 1.29 is 9.47 Å². The molecule has 0 spiro atoms. The first-order valence-electron chi connectivity index (χ1n) is 7.62. The van der Waals surface area contributed by atoms with Gasteiger partial charge in [-0.1, -0.05) is 0 Å². The molecule has 1 aromatic carbocycles. The maximum absolute atomic E-state index is 5.54. The Morgan fingerprint density at radius 1 is 1.12 bits per heavy atom. The standard InChI is InChI=1S/C18H19N3O2S2/c1-12-7-8-24-17(12)10-20-21-15(11-25-18(21)19-2)14-6-5-13(22-3)9-16(14)23-4/h5-11H,1-4H3. The van der Waals surface area contributed by atoms with E-state index in [-0.39, 0.29) is 0 Å². The lowest BCUT2D eigenvalue weighted by Crippen LogP contribution is -2.11. The number of thiazole rings is 1. The maximum atomic E-state index is 5.54. The highest BCUT2D eigenvalue weighted by Crippen LogP contribution is 2.33. The molecule has 0 saturated carbocycles. The van der Waals surface area contributed by atoms with Crippen LogP contribution >= 0.6 is 22.7 Å². The summed E-state index contributed by atoms with van der Waals surface area (Å²) >= 11 is 3.21. The molecule has 0 N–H and O–H groups in total. The van der Waals surface area contributed by atoms with Crippen LogP contribution in [0.3, 0.4) is 0 Å². The van der Waals surface area contributed by atoms with Gasteiger partial charge in [-0.05, 0) is 36.1 Å². The third-order valence-electron chi connectivity index (χ3n) is 3.75. The molecule has 0 amide bonds. The number of nitrogens with zero attached hydrogens (tertiary/aromatic N) is 3. The predicted molar refractivity (Wildman–Crippen MR) is 104 cm³/mol. The molecule has 5 nitrogen and oxygen atoms in total. The number of hydrogen-bond acceptors (Lipinski definition) is 6. The van der Waals surface area contributed by atoms with Crippen LogP contribution in [-0.2, 0) is 0 Å². The minimum atomic E-state index is 0.732. The molecule has 0 aliphatic rings. The van der Waals surface area contributed by atoms with Crippen molar-refractivity contribution in [2.75, 3.05) is 21.3 Å². The van der Waals surface area contributed by atoms with E-state index in [0.717, 1.165) is 32.4 Å². The summed E-state index contributed by atoms with van der Waals surface area (Å²) in [6.07, 6.45) is 1.88. The Kier molecular flexibility index (Phi) is 5.35. The van der Waals surface area contributed by atoms with Crippen LogP contribution in [0.5, 0.6) is 11.5 Å². The zero-order valence-electron chi connectivity index (χ0n) is 14.5. The zero-order valence-corrected chi connectivity index (χ0v) is 16.1. The second-order valence-corrected chi connectivity index (χ2v) is 7.00. The number of rotatable bonds is 5. The molecule has 0 aliphatic carbocycles. The van der Waals surface area contributed by atoms with Crippen LogP contribution in [-0.4, -0.2) is 32.2 Å². The van der Waals surface area contributed by atoms with Crippen molar-refractivity contribution in [1.82, 2.24) is 4.68 Å². The fraction of sp³-hybridized carbons (Fsp3) is 0.222. The van der Waals surface area contributed by atoms with Crippen LogP contribution in [0.1, 0.15) is 10.4 Å². The van der Waals surface area contributed by atoms with Crippen molar-refractivity contribution in [3.8, 4) is 22.8 Å². The number of ether oxygens (including phenoxy) is 2.